The number of aromatic hydroxyl groups is 2. The minimum absolute atomic E-state index is 0.00115. The smallest absolute Gasteiger partial charge is 0.328 e. The number of carbonyl (C=O) groups is 2. The maximum atomic E-state index is 12.2. The molecule has 0 saturated heterocycles. The predicted molar refractivity (Wildman–Crippen MR) is 99.5 cm³/mol. The molecule has 0 radical (unpaired) electrons. The van der Waals surface area contributed by atoms with Gasteiger partial charge in [-0.3, -0.25) is 4.79 Å². The summed E-state index contributed by atoms with van der Waals surface area (Å²) in [6.45, 7) is 0. The third-order valence-corrected chi connectivity index (χ3v) is 3.81. The molecule has 3 N–H and O–H groups in total. The number of carbonyl (C=O) groups excluding carboxylic acids is 2. The monoisotopic (exact) mass is 371 g/mol. The number of methoxy groups -OCH3 is 2. The van der Waals surface area contributed by atoms with Gasteiger partial charge in [0.2, 0.25) is 5.91 Å². The highest BCUT2D eigenvalue weighted by Gasteiger charge is 2.21. The van der Waals surface area contributed by atoms with Crippen molar-refractivity contribution in [3.05, 3.63) is 59.7 Å². The van der Waals surface area contributed by atoms with Crippen LogP contribution >= 0.6 is 0 Å². The van der Waals surface area contributed by atoms with Gasteiger partial charge in [-0.2, -0.15) is 0 Å². The average Bonchev–Trinajstić information content (AvgIpc) is 2.67. The van der Waals surface area contributed by atoms with E-state index in [1.165, 1.54) is 44.6 Å². The van der Waals surface area contributed by atoms with E-state index in [4.69, 9.17) is 9.47 Å². The van der Waals surface area contributed by atoms with E-state index in [1.54, 1.807) is 24.3 Å². The van der Waals surface area contributed by atoms with Crippen LogP contribution in [0.1, 0.15) is 11.1 Å². The van der Waals surface area contributed by atoms with Crippen molar-refractivity contribution in [2.24, 2.45) is 0 Å². The highest BCUT2D eigenvalue weighted by molar-refractivity contribution is 5.94. The van der Waals surface area contributed by atoms with Crippen LogP contribution in [0, 0.1) is 0 Å². The van der Waals surface area contributed by atoms with Crippen LogP contribution in [-0.4, -0.2) is 42.4 Å². The van der Waals surface area contributed by atoms with Gasteiger partial charge in [-0.05, 0) is 41.5 Å². The van der Waals surface area contributed by atoms with Crippen LogP contribution in [0.5, 0.6) is 17.2 Å². The Kier molecular flexibility index (Phi) is 6.82. The van der Waals surface area contributed by atoms with E-state index in [9.17, 15) is 19.8 Å². The summed E-state index contributed by atoms with van der Waals surface area (Å²) in [6, 6.07) is 10.1. The van der Waals surface area contributed by atoms with Crippen molar-refractivity contribution in [1.82, 2.24) is 5.32 Å². The maximum Gasteiger partial charge on any atom is 0.328 e. The topological polar surface area (TPSA) is 105 Å². The van der Waals surface area contributed by atoms with Crippen molar-refractivity contribution >= 4 is 18.0 Å². The molecular weight excluding hydrogens is 350 g/mol. The standard InChI is InChI=1S/C20H21NO6/c1-26-18-12-14(5-9-17(18)23)6-10-19(24)21-16(20(25)27-2)11-13-3-7-15(22)8-4-13/h3-10,12,16,22-23H,11H2,1-2H3,(H,21,24)/b10-6+/t16-/m0/s1. The van der Waals surface area contributed by atoms with Gasteiger partial charge in [-0.15, -0.1) is 0 Å². The third kappa shape index (κ3) is 5.78. The zero-order valence-corrected chi connectivity index (χ0v) is 15.0. The third-order valence-electron chi connectivity index (χ3n) is 3.81. The SMILES string of the molecule is COC(=O)[C@H](Cc1ccc(O)cc1)NC(=O)/C=C/c1ccc(O)c(OC)c1. The molecule has 7 heteroatoms. The molecule has 0 heterocycles. The molecule has 0 aliphatic carbocycles. The Bertz CT molecular complexity index is 829. The molecule has 0 aliphatic heterocycles. The van der Waals surface area contributed by atoms with E-state index in [2.05, 4.69) is 5.32 Å². The van der Waals surface area contributed by atoms with Crippen molar-refractivity contribution in [3.8, 4) is 17.2 Å². The minimum atomic E-state index is -0.869. The molecule has 2 aromatic rings. The summed E-state index contributed by atoms with van der Waals surface area (Å²) >= 11 is 0. The zero-order valence-electron chi connectivity index (χ0n) is 15.0. The van der Waals surface area contributed by atoms with Gasteiger partial charge in [0.05, 0.1) is 14.2 Å². The second kappa shape index (κ2) is 9.28. The molecule has 2 rings (SSSR count). The number of phenols is 2. The number of phenolic OH excluding ortho intramolecular Hbond substituents is 2. The van der Waals surface area contributed by atoms with Gasteiger partial charge in [0.15, 0.2) is 11.5 Å². The Balaban J connectivity index is 2.06. The van der Waals surface area contributed by atoms with Crippen LogP contribution in [0.15, 0.2) is 48.5 Å². The Hall–Kier alpha value is -3.48. The summed E-state index contributed by atoms with van der Waals surface area (Å²) in [5, 5.41) is 21.5. The Morgan fingerprint density at radius 2 is 1.81 bits per heavy atom. The van der Waals surface area contributed by atoms with Crippen molar-refractivity contribution in [3.63, 3.8) is 0 Å². The molecule has 0 aromatic heterocycles. The van der Waals surface area contributed by atoms with Crippen molar-refractivity contribution < 1.29 is 29.3 Å². The van der Waals surface area contributed by atoms with Gasteiger partial charge < -0.3 is 25.0 Å². The molecule has 1 atom stereocenters. The number of benzene rings is 2. The van der Waals surface area contributed by atoms with Crippen LogP contribution in [0.2, 0.25) is 0 Å². The molecule has 0 saturated carbocycles. The van der Waals surface area contributed by atoms with Gasteiger partial charge in [-0.1, -0.05) is 18.2 Å². The molecule has 0 bridgehead atoms. The van der Waals surface area contributed by atoms with Crippen LogP contribution in [0.25, 0.3) is 6.08 Å². The highest BCUT2D eigenvalue weighted by atomic mass is 16.5. The Morgan fingerprint density at radius 3 is 2.44 bits per heavy atom. The normalized spacial score (nSPS) is 11.8. The number of esters is 1. The zero-order chi connectivity index (χ0) is 19.8. The number of ether oxygens (including phenoxy) is 2. The molecule has 142 valence electrons. The van der Waals surface area contributed by atoms with E-state index in [-0.39, 0.29) is 23.7 Å². The van der Waals surface area contributed by atoms with E-state index in [0.717, 1.165) is 5.56 Å². The number of amides is 1. The first-order chi connectivity index (χ1) is 12.9. The molecular formula is C20H21NO6. The van der Waals surface area contributed by atoms with Gasteiger partial charge in [0, 0.05) is 12.5 Å². The lowest BCUT2D eigenvalue weighted by Gasteiger charge is -2.15. The summed E-state index contributed by atoms with van der Waals surface area (Å²) in [6.07, 6.45) is 3.03. The number of hydrogen-bond donors (Lipinski definition) is 3. The maximum absolute atomic E-state index is 12.2. The van der Waals surface area contributed by atoms with Gasteiger partial charge in [0.25, 0.3) is 0 Å². The fraction of sp³-hybridized carbons (Fsp3) is 0.200. The first-order valence-corrected chi connectivity index (χ1v) is 8.14. The molecule has 0 spiro atoms. The summed E-state index contributed by atoms with van der Waals surface area (Å²) in [5.74, 6) is -0.645. The van der Waals surface area contributed by atoms with Gasteiger partial charge in [-0.25, -0.2) is 4.79 Å². The molecule has 0 unspecified atom stereocenters. The quantitative estimate of drug-likeness (QED) is 0.508. The fourth-order valence-electron chi connectivity index (χ4n) is 2.39. The Morgan fingerprint density at radius 1 is 1.11 bits per heavy atom. The molecule has 0 aliphatic rings. The molecule has 2 aromatic carbocycles. The summed E-state index contributed by atoms with van der Waals surface area (Å²) in [4.78, 5) is 24.1. The van der Waals surface area contributed by atoms with Gasteiger partial charge in [0.1, 0.15) is 11.8 Å². The van der Waals surface area contributed by atoms with Crippen LogP contribution in [0.3, 0.4) is 0 Å². The molecule has 27 heavy (non-hydrogen) atoms. The predicted octanol–water partition coefficient (Wildman–Crippen LogP) is 2.02. The molecule has 1 amide bonds. The number of nitrogens with one attached hydrogen (secondary N) is 1. The van der Waals surface area contributed by atoms with Crippen LogP contribution < -0.4 is 10.1 Å². The highest BCUT2D eigenvalue weighted by Crippen LogP contribution is 2.26. The lowest BCUT2D eigenvalue weighted by atomic mass is 10.1. The summed E-state index contributed by atoms with van der Waals surface area (Å²) < 4.78 is 9.76. The summed E-state index contributed by atoms with van der Waals surface area (Å²) in [7, 11) is 2.68. The van der Waals surface area contributed by atoms with Crippen molar-refractivity contribution in [2.75, 3.05) is 14.2 Å². The van der Waals surface area contributed by atoms with Crippen LogP contribution in [-0.2, 0) is 20.7 Å². The first kappa shape index (κ1) is 19.8. The van der Waals surface area contributed by atoms with Crippen molar-refractivity contribution in [2.45, 2.75) is 12.5 Å². The van der Waals surface area contributed by atoms with E-state index < -0.39 is 17.9 Å². The minimum Gasteiger partial charge on any atom is -0.508 e. The van der Waals surface area contributed by atoms with E-state index >= 15 is 0 Å². The van der Waals surface area contributed by atoms with Crippen molar-refractivity contribution in [1.29, 1.82) is 0 Å². The number of hydrogen-bond acceptors (Lipinski definition) is 6. The number of rotatable bonds is 7. The lowest BCUT2D eigenvalue weighted by Crippen LogP contribution is -2.42. The summed E-state index contributed by atoms with van der Waals surface area (Å²) in [5.41, 5.74) is 1.41. The lowest BCUT2D eigenvalue weighted by molar-refractivity contribution is -0.144. The molecule has 0 fully saturated rings. The average molecular weight is 371 g/mol. The Labute approximate surface area is 156 Å². The van der Waals surface area contributed by atoms with E-state index in [1.807, 2.05) is 0 Å². The van der Waals surface area contributed by atoms with E-state index in [0.29, 0.717) is 5.56 Å². The second-order valence-corrected chi connectivity index (χ2v) is 5.72. The largest absolute Gasteiger partial charge is 0.508 e. The van der Waals surface area contributed by atoms with Crippen LogP contribution in [0.4, 0.5) is 0 Å². The second-order valence-electron chi connectivity index (χ2n) is 5.72. The first-order valence-electron chi connectivity index (χ1n) is 8.14. The van der Waals surface area contributed by atoms with Gasteiger partial charge >= 0.3 is 5.97 Å². The fourth-order valence-corrected chi connectivity index (χ4v) is 2.39. The molecule has 7 nitrogen and oxygen atoms in total.